The second kappa shape index (κ2) is 5.11. The fraction of sp³-hybridized carbons (Fsp3) is 0.533. The van der Waals surface area contributed by atoms with E-state index in [9.17, 15) is 4.79 Å². The molecule has 2 unspecified atom stereocenters. The summed E-state index contributed by atoms with van der Waals surface area (Å²) < 4.78 is 5.85. The molecule has 0 radical (unpaired) electrons. The highest BCUT2D eigenvalue weighted by Crippen LogP contribution is 2.30. The fourth-order valence-electron chi connectivity index (χ4n) is 2.99. The third-order valence-corrected chi connectivity index (χ3v) is 4.04. The van der Waals surface area contributed by atoms with Gasteiger partial charge in [0.25, 0.3) is 5.91 Å². The summed E-state index contributed by atoms with van der Waals surface area (Å²) in [6.07, 6.45) is 2.88. The maximum absolute atomic E-state index is 12.5. The van der Waals surface area contributed by atoms with Crippen LogP contribution in [0, 0.1) is 0 Å². The van der Waals surface area contributed by atoms with Crippen molar-refractivity contribution in [2.75, 3.05) is 18.4 Å². The lowest BCUT2D eigenvalue weighted by Crippen LogP contribution is -2.48. The van der Waals surface area contributed by atoms with Crippen molar-refractivity contribution in [1.29, 1.82) is 0 Å². The van der Waals surface area contributed by atoms with E-state index < -0.39 is 0 Å². The molecule has 2 aliphatic rings. The van der Waals surface area contributed by atoms with Crippen LogP contribution in [0.25, 0.3) is 0 Å². The van der Waals surface area contributed by atoms with Crippen LogP contribution in [-0.2, 0) is 4.79 Å². The minimum atomic E-state index is -0.387. The van der Waals surface area contributed by atoms with Gasteiger partial charge in [0.2, 0.25) is 0 Å². The Morgan fingerprint density at radius 1 is 1.47 bits per heavy atom. The number of amides is 1. The molecule has 1 aromatic rings. The largest absolute Gasteiger partial charge is 0.477 e. The molecule has 2 atom stereocenters. The number of likely N-dealkylation sites (tertiary alicyclic amines) is 1. The number of rotatable bonds is 2. The SMILES string of the molecule is CCC1CCCN1C(=O)C1CNc2ccccc2O1. The second-order valence-corrected chi connectivity index (χ2v) is 5.22. The molecular formula is C15H20N2O2. The molecular weight excluding hydrogens is 240 g/mol. The van der Waals surface area contributed by atoms with Crippen molar-refractivity contribution in [2.24, 2.45) is 0 Å². The molecule has 1 fully saturated rings. The normalized spacial score (nSPS) is 25.4. The first-order valence-electron chi connectivity index (χ1n) is 7.09. The number of fused-ring (bicyclic) bond motifs is 1. The predicted molar refractivity (Wildman–Crippen MR) is 74.4 cm³/mol. The van der Waals surface area contributed by atoms with Crippen molar-refractivity contribution >= 4 is 11.6 Å². The number of hydrogen-bond donors (Lipinski definition) is 1. The molecule has 1 amide bonds. The zero-order chi connectivity index (χ0) is 13.2. The number of ether oxygens (including phenoxy) is 1. The molecule has 4 nitrogen and oxygen atoms in total. The third kappa shape index (κ3) is 2.27. The zero-order valence-electron chi connectivity index (χ0n) is 11.3. The van der Waals surface area contributed by atoms with E-state index in [2.05, 4.69) is 12.2 Å². The quantitative estimate of drug-likeness (QED) is 0.887. The summed E-state index contributed by atoms with van der Waals surface area (Å²) in [5.74, 6) is 0.908. The van der Waals surface area contributed by atoms with Gasteiger partial charge in [0.1, 0.15) is 5.75 Å². The minimum absolute atomic E-state index is 0.131. The number of carbonyl (C=O) groups is 1. The van der Waals surface area contributed by atoms with Gasteiger partial charge in [0, 0.05) is 12.6 Å². The summed E-state index contributed by atoms with van der Waals surface area (Å²) in [5.41, 5.74) is 0.972. The molecule has 0 aliphatic carbocycles. The number of nitrogens with zero attached hydrogens (tertiary/aromatic N) is 1. The number of hydrogen-bond acceptors (Lipinski definition) is 3. The molecule has 102 valence electrons. The Morgan fingerprint density at radius 3 is 3.16 bits per heavy atom. The molecule has 0 saturated carbocycles. The Kier molecular flexibility index (Phi) is 3.32. The first kappa shape index (κ1) is 12.3. The van der Waals surface area contributed by atoms with Crippen molar-refractivity contribution in [3.05, 3.63) is 24.3 Å². The van der Waals surface area contributed by atoms with Gasteiger partial charge < -0.3 is 15.0 Å². The lowest BCUT2D eigenvalue weighted by molar-refractivity contribution is -0.139. The summed E-state index contributed by atoms with van der Waals surface area (Å²) in [6.45, 7) is 3.58. The van der Waals surface area contributed by atoms with Crippen LogP contribution in [0.5, 0.6) is 5.75 Å². The molecule has 2 aliphatic heterocycles. The minimum Gasteiger partial charge on any atom is -0.477 e. The van der Waals surface area contributed by atoms with Gasteiger partial charge in [-0.05, 0) is 31.4 Å². The van der Waals surface area contributed by atoms with Gasteiger partial charge in [-0.1, -0.05) is 19.1 Å². The van der Waals surface area contributed by atoms with Gasteiger partial charge in [0.05, 0.1) is 12.2 Å². The first-order chi connectivity index (χ1) is 9.29. The molecule has 4 heteroatoms. The number of anilines is 1. The van der Waals surface area contributed by atoms with Crippen molar-refractivity contribution < 1.29 is 9.53 Å². The molecule has 2 heterocycles. The number of benzene rings is 1. The van der Waals surface area contributed by atoms with Crippen molar-refractivity contribution in [1.82, 2.24) is 4.90 Å². The lowest BCUT2D eigenvalue weighted by atomic mass is 10.1. The van der Waals surface area contributed by atoms with Crippen LogP contribution in [0.4, 0.5) is 5.69 Å². The van der Waals surface area contributed by atoms with Crippen molar-refractivity contribution in [3.63, 3.8) is 0 Å². The molecule has 1 saturated heterocycles. The van der Waals surface area contributed by atoms with Gasteiger partial charge in [-0.2, -0.15) is 0 Å². The standard InChI is InChI=1S/C15H20N2O2/c1-2-11-6-5-9-17(11)15(18)14-10-16-12-7-3-4-8-13(12)19-14/h3-4,7-8,11,14,16H,2,5-6,9-10H2,1H3. The van der Waals surface area contributed by atoms with E-state index in [1.54, 1.807) is 0 Å². The first-order valence-corrected chi connectivity index (χ1v) is 7.09. The highest BCUT2D eigenvalue weighted by molar-refractivity contribution is 5.83. The number of nitrogens with one attached hydrogen (secondary N) is 1. The van der Waals surface area contributed by atoms with E-state index in [1.165, 1.54) is 0 Å². The van der Waals surface area contributed by atoms with Crippen LogP contribution in [0.3, 0.4) is 0 Å². The molecule has 1 N–H and O–H groups in total. The zero-order valence-corrected chi connectivity index (χ0v) is 11.3. The molecule has 19 heavy (non-hydrogen) atoms. The highest BCUT2D eigenvalue weighted by Gasteiger charge is 2.34. The fourth-order valence-corrected chi connectivity index (χ4v) is 2.99. The maximum Gasteiger partial charge on any atom is 0.265 e. The van der Waals surface area contributed by atoms with Gasteiger partial charge >= 0.3 is 0 Å². The molecule has 3 rings (SSSR count). The van der Waals surface area contributed by atoms with Gasteiger partial charge in [0.15, 0.2) is 6.10 Å². The summed E-state index contributed by atoms with van der Waals surface area (Å²) in [7, 11) is 0. The van der Waals surface area contributed by atoms with Crippen molar-refractivity contribution in [3.8, 4) is 5.75 Å². The van der Waals surface area contributed by atoms with Crippen LogP contribution in [0.2, 0.25) is 0 Å². The van der Waals surface area contributed by atoms with Crippen LogP contribution in [0.1, 0.15) is 26.2 Å². The Balaban J connectivity index is 1.72. The Labute approximate surface area is 113 Å². The monoisotopic (exact) mass is 260 g/mol. The summed E-state index contributed by atoms with van der Waals surface area (Å²) in [4.78, 5) is 14.5. The van der Waals surface area contributed by atoms with Gasteiger partial charge in [-0.3, -0.25) is 4.79 Å². The van der Waals surface area contributed by atoms with Gasteiger partial charge in [-0.25, -0.2) is 0 Å². The number of carbonyl (C=O) groups excluding carboxylic acids is 1. The number of para-hydroxylation sites is 2. The topological polar surface area (TPSA) is 41.6 Å². The second-order valence-electron chi connectivity index (χ2n) is 5.22. The Morgan fingerprint density at radius 2 is 2.32 bits per heavy atom. The van der Waals surface area contributed by atoms with E-state index >= 15 is 0 Å². The summed E-state index contributed by atoms with van der Waals surface area (Å²) in [5, 5.41) is 3.28. The predicted octanol–water partition coefficient (Wildman–Crippen LogP) is 2.26. The van der Waals surface area contributed by atoms with E-state index in [-0.39, 0.29) is 12.0 Å². The average molecular weight is 260 g/mol. The Bertz CT molecular complexity index is 475. The molecule has 0 bridgehead atoms. The molecule has 1 aromatic carbocycles. The maximum atomic E-state index is 12.5. The average Bonchev–Trinajstić information content (AvgIpc) is 2.94. The van der Waals surface area contributed by atoms with Gasteiger partial charge in [-0.15, -0.1) is 0 Å². The van der Waals surface area contributed by atoms with Crippen molar-refractivity contribution in [2.45, 2.75) is 38.3 Å². The van der Waals surface area contributed by atoms with E-state index in [0.29, 0.717) is 12.6 Å². The lowest BCUT2D eigenvalue weighted by Gasteiger charge is -2.32. The summed E-state index contributed by atoms with van der Waals surface area (Å²) in [6, 6.07) is 8.17. The molecule has 0 spiro atoms. The van der Waals surface area contributed by atoms with Crippen LogP contribution in [-0.4, -0.2) is 36.0 Å². The summed E-state index contributed by atoms with van der Waals surface area (Å²) >= 11 is 0. The Hall–Kier alpha value is -1.71. The van der Waals surface area contributed by atoms with Crippen LogP contribution in [0.15, 0.2) is 24.3 Å². The third-order valence-electron chi connectivity index (χ3n) is 4.04. The van der Waals surface area contributed by atoms with E-state index in [0.717, 1.165) is 37.2 Å². The van der Waals surface area contributed by atoms with Crippen LogP contribution < -0.4 is 10.1 Å². The highest BCUT2D eigenvalue weighted by atomic mass is 16.5. The smallest absolute Gasteiger partial charge is 0.265 e. The van der Waals surface area contributed by atoms with E-state index in [4.69, 9.17) is 4.74 Å². The molecule has 0 aromatic heterocycles. The van der Waals surface area contributed by atoms with E-state index in [1.807, 2.05) is 29.2 Å². The van der Waals surface area contributed by atoms with Crippen LogP contribution >= 0.6 is 0 Å².